The van der Waals surface area contributed by atoms with Crippen LogP contribution in [-0.4, -0.2) is 34.3 Å². The van der Waals surface area contributed by atoms with Crippen molar-refractivity contribution in [2.24, 2.45) is 17.3 Å². The number of carboxylic acid groups (broad SMARTS) is 1. The topological polar surface area (TPSA) is 74.7 Å². The van der Waals surface area contributed by atoms with Gasteiger partial charge in [0.25, 0.3) is 0 Å². The van der Waals surface area contributed by atoms with Gasteiger partial charge in [-0.25, -0.2) is 0 Å². The van der Waals surface area contributed by atoms with E-state index >= 15 is 0 Å². The van der Waals surface area contributed by atoms with Crippen LogP contribution >= 0.6 is 0 Å². The summed E-state index contributed by atoms with van der Waals surface area (Å²) >= 11 is 0. The van der Waals surface area contributed by atoms with Gasteiger partial charge in [-0.05, 0) is 24.7 Å². The van der Waals surface area contributed by atoms with Gasteiger partial charge in [-0.15, -0.1) is 0 Å². The Morgan fingerprint density at radius 2 is 1.83 bits per heavy atom. The lowest BCUT2D eigenvalue weighted by Crippen LogP contribution is -2.35. The van der Waals surface area contributed by atoms with Crippen molar-refractivity contribution in [1.82, 2.24) is 4.90 Å². The van der Waals surface area contributed by atoms with Crippen molar-refractivity contribution in [1.29, 1.82) is 0 Å². The molecule has 0 aromatic carbocycles. The number of fused-ring (bicyclic) bond motifs is 1. The van der Waals surface area contributed by atoms with Gasteiger partial charge in [0, 0.05) is 13.0 Å². The molecule has 2 rings (SSSR count). The summed E-state index contributed by atoms with van der Waals surface area (Å²) in [6.45, 7) is 4.38. The van der Waals surface area contributed by atoms with Crippen LogP contribution in [0.15, 0.2) is 0 Å². The maximum atomic E-state index is 11.8. The Kier molecular flexibility index (Phi) is 3.17. The maximum Gasteiger partial charge on any atom is 0.303 e. The zero-order valence-corrected chi connectivity index (χ0v) is 10.8. The minimum Gasteiger partial charge on any atom is -0.481 e. The van der Waals surface area contributed by atoms with Gasteiger partial charge in [0.05, 0.1) is 11.8 Å². The van der Waals surface area contributed by atoms with Gasteiger partial charge in [0.2, 0.25) is 11.8 Å². The summed E-state index contributed by atoms with van der Waals surface area (Å²) in [5, 5.41) is 8.66. The van der Waals surface area contributed by atoms with Gasteiger partial charge in [-0.3, -0.25) is 19.3 Å². The van der Waals surface area contributed by atoms with Crippen LogP contribution in [-0.2, 0) is 14.4 Å². The number of hydrogen-bond acceptors (Lipinski definition) is 3. The van der Waals surface area contributed by atoms with Crippen LogP contribution in [0.2, 0.25) is 0 Å². The fourth-order valence-corrected chi connectivity index (χ4v) is 2.45. The molecule has 5 heteroatoms. The highest BCUT2D eigenvalue weighted by Gasteiger charge is 2.58. The van der Waals surface area contributed by atoms with Crippen molar-refractivity contribution in [2.75, 3.05) is 6.54 Å². The normalized spacial score (nSPS) is 26.4. The second-order valence-electron chi connectivity index (χ2n) is 6.08. The summed E-state index contributed by atoms with van der Waals surface area (Å²) in [4.78, 5) is 35.4. The van der Waals surface area contributed by atoms with Crippen LogP contribution in [0.3, 0.4) is 0 Å². The lowest BCUT2D eigenvalue weighted by Gasteiger charge is -2.26. The molecule has 2 aliphatic rings. The maximum absolute atomic E-state index is 11.8. The lowest BCUT2D eigenvalue weighted by atomic mass is 9.84. The van der Waals surface area contributed by atoms with Crippen LogP contribution in [0, 0.1) is 17.3 Å². The van der Waals surface area contributed by atoms with E-state index in [0.29, 0.717) is 19.4 Å². The fourth-order valence-electron chi connectivity index (χ4n) is 2.45. The molecular formula is C13H19NO4. The van der Waals surface area contributed by atoms with Gasteiger partial charge in [-0.2, -0.15) is 0 Å². The Hall–Kier alpha value is -1.39. The number of rotatable bonds is 6. The zero-order chi connectivity index (χ0) is 13.5. The van der Waals surface area contributed by atoms with Gasteiger partial charge in [-0.1, -0.05) is 13.8 Å². The first-order valence-electron chi connectivity index (χ1n) is 6.39. The van der Waals surface area contributed by atoms with E-state index in [1.807, 2.05) is 13.8 Å². The number of imide groups is 1. The number of amides is 2. The van der Waals surface area contributed by atoms with Crippen molar-refractivity contribution in [2.45, 2.75) is 39.5 Å². The van der Waals surface area contributed by atoms with Crippen molar-refractivity contribution < 1.29 is 19.5 Å². The van der Waals surface area contributed by atoms with E-state index < -0.39 is 5.97 Å². The molecule has 2 atom stereocenters. The van der Waals surface area contributed by atoms with E-state index in [4.69, 9.17) is 5.11 Å². The number of carbonyl (C=O) groups excluding carboxylic acids is 2. The van der Waals surface area contributed by atoms with Crippen LogP contribution < -0.4 is 0 Å². The molecule has 0 spiro atoms. The Labute approximate surface area is 106 Å². The predicted molar refractivity (Wildman–Crippen MR) is 63.6 cm³/mol. The second kappa shape index (κ2) is 4.37. The van der Waals surface area contributed by atoms with E-state index in [2.05, 4.69) is 0 Å². The quantitative estimate of drug-likeness (QED) is 0.723. The van der Waals surface area contributed by atoms with Crippen LogP contribution in [0.1, 0.15) is 39.5 Å². The van der Waals surface area contributed by atoms with E-state index in [0.717, 1.165) is 6.42 Å². The third-order valence-electron chi connectivity index (χ3n) is 3.98. The van der Waals surface area contributed by atoms with Crippen molar-refractivity contribution in [3.05, 3.63) is 0 Å². The number of aliphatic carboxylic acids is 1. The average Bonchev–Trinajstić information content (AvgIpc) is 3.01. The van der Waals surface area contributed by atoms with Crippen molar-refractivity contribution >= 4 is 17.8 Å². The lowest BCUT2D eigenvalue weighted by molar-refractivity contribution is -0.142. The van der Waals surface area contributed by atoms with Crippen LogP contribution in [0.25, 0.3) is 0 Å². The third-order valence-corrected chi connectivity index (χ3v) is 3.98. The molecule has 100 valence electrons. The Balaban J connectivity index is 1.82. The molecular weight excluding hydrogens is 234 g/mol. The molecule has 2 unspecified atom stereocenters. The number of carbonyl (C=O) groups is 3. The average molecular weight is 253 g/mol. The predicted octanol–water partition coefficient (Wildman–Crippen LogP) is 1.27. The first kappa shape index (κ1) is 13.1. The number of likely N-dealkylation sites (tertiary alicyclic amines) is 1. The zero-order valence-electron chi connectivity index (χ0n) is 10.8. The summed E-state index contributed by atoms with van der Waals surface area (Å²) < 4.78 is 0. The van der Waals surface area contributed by atoms with E-state index in [1.165, 1.54) is 4.90 Å². The van der Waals surface area contributed by atoms with Crippen molar-refractivity contribution in [3.8, 4) is 0 Å². The summed E-state index contributed by atoms with van der Waals surface area (Å²) in [6, 6.07) is 0. The molecule has 1 saturated carbocycles. The largest absolute Gasteiger partial charge is 0.481 e. The van der Waals surface area contributed by atoms with Crippen LogP contribution in [0.5, 0.6) is 0 Å². The molecule has 0 radical (unpaired) electrons. The minimum absolute atomic E-state index is 0.0287. The molecule has 1 aliphatic carbocycles. The molecule has 18 heavy (non-hydrogen) atoms. The Morgan fingerprint density at radius 3 is 2.33 bits per heavy atom. The summed E-state index contributed by atoms with van der Waals surface area (Å²) in [5.74, 6) is -0.949. The molecule has 0 bridgehead atoms. The summed E-state index contributed by atoms with van der Waals surface area (Å²) in [5.41, 5.74) is -0.161. The third kappa shape index (κ3) is 2.54. The highest BCUT2D eigenvalue weighted by molar-refractivity contribution is 6.08. The molecule has 0 aromatic heterocycles. The Bertz CT molecular complexity index is 382. The van der Waals surface area contributed by atoms with E-state index in [-0.39, 0.29) is 35.5 Å². The molecule has 2 amide bonds. The Morgan fingerprint density at radius 1 is 1.28 bits per heavy atom. The van der Waals surface area contributed by atoms with Gasteiger partial charge in [0.1, 0.15) is 0 Å². The van der Waals surface area contributed by atoms with E-state index in [9.17, 15) is 14.4 Å². The standard InChI is InChI=1S/C13H19NO4/c1-13(2,4-3-10(15)16)5-6-14-11(17)8-7-9(8)12(14)18/h8-9H,3-7H2,1-2H3,(H,15,16). The first-order valence-corrected chi connectivity index (χ1v) is 6.39. The second-order valence-corrected chi connectivity index (χ2v) is 6.08. The summed E-state index contributed by atoms with van der Waals surface area (Å²) in [6.07, 6.45) is 2.08. The van der Waals surface area contributed by atoms with Gasteiger partial charge >= 0.3 is 5.97 Å². The molecule has 0 aromatic rings. The fraction of sp³-hybridized carbons (Fsp3) is 0.769. The SMILES string of the molecule is CC(C)(CCC(=O)O)CCN1C(=O)C2CC2C1=O. The molecule has 2 fully saturated rings. The number of hydrogen-bond donors (Lipinski definition) is 1. The molecule has 1 aliphatic heterocycles. The van der Waals surface area contributed by atoms with Gasteiger partial charge in [0.15, 0.2) is 0 Å². The molecule has 1 N–H and O–H groups in total. The number of piperidine rings is 1. The minimum atomic E-state index is -0.808. The smallest absolute Gasteiger partial charge is 0.303 e. The number of carboxylic acids is 1. The molecule has 1 saturated heterocycles. The number of nitrogens with zero attached hydrogens (tertiary/aromatic N) is 1. The molecule has 5 nitrogen and oxygen atoms in total. The van der Waals surface area contributed by atoms with Crippen molar-refractivity contribution in [3.63, 3.8) is 0 Å². The first-order chi connectivity index (χ1) is 8.32. The highest BCUT2D eigenvalue weighted by Crippen LogP contribution is 2.47. The van der Waals surface area contributed by atoms with E-state index in [1.54, 1.807) is 0 Å². The molecule has 1 heterocycles. The van der Waals surface area contributed by atoms with Gasteiger partial charge < -0.3 is 5.11 Å². The highest BCUT2D eigenvalue weighted by atomic mass is 16.4. The van der Waals surface area contributed by atoms with Crippen LogP contribution in [0.4, 0.5) is 0 Å². The monoisotopic (exact) mass is 253 g/mol. The summed E-state index contributed by atoms with van der Waals surface area (Å²) in [7, 11) is 0.